The lowest BCUT2D eigenvalue weighted by Gasteiger charge is -2.26. The second-order valence-corrected chi connectivity index (χ2v) is 8.37. The van der Waals surface area contributed by atoms with Gasteiger partial charge in [0.2, 0.25) is 0 Å². The summed E-state index contributed by atoms with van der Waals surface area (Å²) in [6.45, 7) is 13.6. The lowest BCUT2D eigenvalue weighted by molar-refractivity contribution is 0.270. The summed E-state index contributed by atoms with van der Waals surface area (Å²) >= 11 is 0. The van der Waals surface area contributed by atoms with Crippen LogP contribution in [0.2, 0.25) is 0 Å². The van der Waals surface area contributed by atoms with Gasteiger partial charge in [0.1, 0.15) is 5.84 Å². The second kappa shape index (κ2) is 10.9. The number of rotatable bonds is 9. The molecule has 136 valence electrons. The van der Waals surface area contributed by atoms with E-state index in [1.165, 1.54) is 63.6 Å². The van der Waals surface area contributed by atoms with Gasteiger partial charge in [-0.2, -0.15) is 5.10 Å². The van der Waals surface area contributed by atoms with Gasteiger partial charge in [-0.15, -0.1) is 0 Å². The third-order valence-electron chi connectivity index (χ3n) is 4.99. The molecule has 1 aliphatic rings. The van der Waals surface area contributed by atoms with Crippen LogP contribution in [0.5, 0.6) is 0 Å². The zero-order valence-corrected chi connectivity index (χ0v) is 16.4. The van der Waals surface area contributed by atoms with Crippen LogP contribution in [0, 0.1) is 17.3 Å². The highest BCUT2D eigenvalue weighted by molar-refractivity contribution is 5.84. The third kappa shape index (κ3) is 8.62. The van der Waals surface area contributed by atoms with Crippen molar-refractivity contribution in [2.45, 2.75) is 92.4 Å². The van der Waals surface area contributed by atoms with Crippen LogP contribution in [0.25, 0.3) is 0 Å². The van der Waals surface area contributed by atoms with Crippen molar-refractivity contribution in [3.05, 3.63) is 0 Å². The summed E-state index contributed by atoms with van der Waals surface area (Å²) < 4.78 is 0. The maximum Gasteiger partial charge on any atom is 0.125 e. The van der Waals surface area contributed by atoms with Gasteiger partial charge in [0.05, 0.1) is 0 Å². The van der Waals surface area contributed by atoms with Gasteiger partial charge in [0.15, 0.2) is 0 Å². The Balaban J connectivity index is 2.67. The standard InChI is InChI=1S/C20H41N3/c1-6-8-10-11-13-18(12-9-7-2)19-21-15-17(3)14-20(4,5)16-22-23-19/h17-18,22H,6-16H2,1-5H3,(H,21,23). The molecule has 0 aliphatic carbocycles. The molecule has 0 saturated carbocycles. The van der Waals surface area contributed by atoms with Gasteiger partial charge in [0.25, 0.3) is 0 Å². The van der Waals surface area contributed by atoms with Crippen LogP contribution in [0.15, 0.2) is 5.10 Å². The highest BCUT2D eigenvalue weighted by Gasteiger charge is 2.24. The molecule has 23 heavy (non-hydrogen) atoms. The summed E-state index contributed by atoms with van der Waals surface area (Å²) in [4.78, 5) is 0. The molecule has 2 unspecified atom stereocenters. The zero-order chi connectivity index (χ0) is 17.1. The van der Waals surface area contributed by atoms with Gasteiger partial charge in [0, 0.05) is 19.0 Å². The van der Waals surface area contributed by atoms with E-state index >= 15 is 0 Å². The molecule has 0 saturated heterocycles. The molecule has 0 bridgehead atoms. The number of hydrazone groups is 1. The van der Waals surface area contributed by atoms with Crippen LogP contribution in [-0.2, 0) is 0 Å². The molecule has 1 heterocycles. The first-order chi connectivity index (χ1) is 11.0. The fraction of sp³-hybridized carbons (Fsp3) is 0.950. The van der Waals surface area contributed by atoms with Gasteiger partial charge in [-0.3, -0.25) is 0 Å². The molecule has 0 fully saturated rings. The van der Waals surface area contributed by atoms with Crippen molar-refractivity contribution in [2.24, 2.45) is 22.4 Å². The zero-order valence-electron chi connectivity index (χ0n) is 16.4. The van der Waals surface area contributed by atoms with Crippen LogP contribution < -0.4 is 10.7 Å². The molecular formula is C20H41N3. The topological polar surface area (TPSA) is 36.4 Å². The van der Waals surface area contributed by atoms with E-state index in [2.05, 4.69) is 45.4 Å². The minimum absolute atomic E-state index is 0.320. The fourth-order valence-electron chi connectivity index (χ4n) is 3.67. The van der Waals surface area contributed by atoms with E-state index in [-0.39, 0.29) is 0 Å². The molecule has 2 atom stereocenters. The Kier molecular flexibility index (Phi) is 9.66. The molecule has 3 nitrogen and oxygen atoms in total. The molecule has 0 aromatic rings. The molecule has 1 rings (SSSR count). The first kappa shape index (κ1) is 20.3. The van der Waals surface area contributed by atoms with E-state index in [4.69, 9.17) is 5.10 Å². The predicted molar refractivity (Wildman–Crippen MR) is 103 cm³/mol. The number of nitrogens with one attached hydrogen (secondary N) is 2. The smallest absolute Gasteiger partial charge is 0.125 e. The molecule has 0 radical (unpaired) electrons. The number of unbranched alkanes of at least 4 members (excludes halogenated alkanes) is 4. The first-order valence-electron chi connectivity index (χ1n) is 10.0. The largest absolute Gasteiger partial charge is 0.372 e. The van der Waals surface area contributed by atoms with Crippen LogP contribution >= 0.6 is 0 Å². The Hall–Kier alpha value is -0.730. The molecular weight excluding hydrogens is 282 g/mol. The Morgan fingerprint density at radius 3 is 2.48 bits per heavy atom. The highest BCUT2D eigenvalue weighted by Crippen LogP contribution is 2.25. The van der Waals surface area contributed by atoms with Crippen molar-refractivity contribution in [1.82, 2.24) is 10.7 Å². The van der Waals surface area contributed by atoms with Gasteiger partial charge < -0.3 is 10.7 Å². The lowest BCUT2D eigenvalue weighted by Crippen LogP contribution is -2.35. The summed E-state index contributed by atoms with van der Waals surface area (Å²) in [5.41, 5.74) is 3.69. The Morgan fingerprint density at radius 2 is 1.78 bits per heavy atom. The van der Waals surface area contributed by atoms with Crippen molar-refractivity contribution in [2.75, 3.05) is 13.1 Å². The summed E-state index contributed by atoms with van der Waals surface area (Å²) in [5, 5.41) is 8.47. The van der Waals surface area contributed by atoms with Crippen molar-refractivity contribution in [3.8, 4) is 0 Å². The molecule has 0 amide bonds. The summed E-state index contributed by atoms with van der Waals surface area (Å²) in [6.07, 6.45) is 11.8. The normalized spacial score (nSPS) is 25.1. The highest BCUT2D eigenvalue weighted by atomic mass is 15.3. The molecule has 0 aromatic carbocycles. The first-order valence-corrected chi connectivity index (χ1v) is 10.0. The van der Waals surface area contributed by atoms with Gasteiger partial charge in [-0.05, 0) is 30.6 Å². The molecule has 0 aromatic heterocycles. The SMILES string of the molecule is CCCCCCC(CCCC)/C1=N/NCC(C)(C)CC(C)CN1. The minimum Gasteiger partial charge on any atom is -0.372 e. The van der Waals surface area contributed by atoms with Crippen molar-refractivity contribution in [3.63, 3.8) is 0 Å². The van der Waals surface area contributed by atoms with Crippen molar-refractivity contribution in [1.29, 1.82) is 0 Å². The molecule has 0 spiro atoms. The second-order valence-electron chi connectivity index (χ2n) is 8.37. The minimum atomic E-state index is 0.320. The van der Waals surface area contributed by atoms with Crippen LogP contribution in [0.3, 0.4) is 0 Å². The summed E-state index contributed by atoms with van der Waals surface area (Å²) in [7, 11) is 0. The average Bonchev–Trinajstić information content (AvgIpc) is 2.55. The molecule has 2 N–H and O–H groups in total. The van der Waals surface area contributed by atoms with Gasteiger partial charge in [-0.25, -0.2) is 0 Å². The van der Waals surface area contributed by atoms with E-state index in [1.807, 2.05) is 0 Å². The number of hydrogen-bond donors (Lipinski definition) is 2. The third-order valence-corrected chi connectivity index (χ3v) is 4.99. The van der Waals surface area contributed by atoms with Crippen molar-refractivity contribution < 1.29 is 0 Å². The van der Waals surface area contributed by atoms with Gasteiger partial charge in [-0.1, -0.05) is 73.1 Å². The summed E-state index contributed by atoms with van der Waals surface area (Å²) in [5.74, 6) is 2.52. The number of hydrogen-bond acceptors (Lipinski definition) is 3. The quantitative estimate of drug-likeness (QED) is 0.563. The van der Waals surface area contributed by atoms with E-state index in [0.717, 1.165) is 13.1 Å². The Morgan fingerprint density at radius 1 is 1.09 bits per heavy atom. The van der Waals surface area contributed by atoms with Crippen LogP contribution in [0.1, 0.15) is 92.4 Å². The fourth-order valence-corrected chi connectivity index (χ4v) is 3.67. The maximum absolute atomic E-state index is 4.78. The average molecular weight is 324 g/mol. The van der Waals surface area contributed by atoms with E-state index in [9.17, 15) is 0 Å². The van der Waals surface area contributed by atoms with Crippen LogP contribution in [-0.4, -0.2) is 18.9 Å². The van der Waals surface area contributed by atoms with Gasteiger partial charge >= 0.3 is 0 Å². The van der Waals surface area contributed by atoms with E-state index in [1.54, 1.807) is 0 Å². The van der Waals surface area contributed by atoms with E-state index in [0.29, 0.717) is 17.3 Å². The maximum atomic E-state index is 4.78. The lowest BCUT2D eigenvalue weighted by atomic mass is 9.83. The van der Waals surface area contributed by atoms with Crippen molar-refractivity contribution >= 4 is 5.84 Å². The van der Waals surface area contributed by atoms with Crippen LogP contribution in [0.4, 0.5) is 0 Å². The number of nitrogens with zero attached hydrogens (tertiary/aromatic N) is 1. The Labute approximate surface area is 145 Å². The molecule has 1 aliphatic heterocycles. The number of amidine groups is 1. The Bertz CT molecular complexity index is 336. The van der Waals surface area contributed by atoms with E-state index < -0.39 is 0 Å². The predicted octanol–water partition coefficient (Wildman–Crippen LogP) is 5.32. The summed E-state index contributed by atoms with van der Waals surface area (Å²) in [6, 6.07) is 0. The monoisotopic (exact) mass is 323 g/mol. The molecule has 3 heteroatoms.